The number of carbonyl (C=O) groups excluding carboxylic acids is 1. The number of alkyl halides is 3. The maximum atomic E-state index is 12.0. The second kappa shape index (κ2) is 5.52. The van der Waals surface area contributed by atoms with Crippen molar-refractivity contribution in [2.45, 2.75) is 18.6 Å². The van der Waals surface area contributed by atoms with Crippen molar-refractivity contribution < 1.29 is 27.9 Å². The molecule has 0 aliphatic rings. The van der Waals surface area contributed by atoms with Crippen LogP contribution in [-0.2, 0) is 16.0 Å². The first kappa shape index (κ1) is 14.0. The number of carboxylic acids is 1. The third kappa shape index (κ3) is 4.08. The highest BCUT2D eigenvalue weighted by Gasteiger charge is 2.40. The van der Waals surface area contributed by atoms with E-state index in [2.05, 4.69) is 0 Å². The van der Waals surface area contributed by atoms with E-state index < -0.39 is 24.1 Å². The molecule has 1 aromatic carbocycles. The second-order valence-corrected chi connectivity index (χ2v) is 3.55. The van der Waals surface area contributed by atoms with Crippen LogP contribution in [0.4, 0.5) is 13.2 Å². The van der Waals surface area contributed by atoms with E-state index in [0.717, 1.165) is 0 Å². The Bertz CT molecular complexity index is 431. The highest BCUT2D eigenvalue weighted by Crippen LogP contribution is 2.15. The molecule has 18 heavy (non-hydrogen) atoms. The summed E-state index contributed by atoms with van der Waals surface area (Å²) < 4.78 is 36.0. The number of halogens is 3. The Labute approximate surface area is 100 Å². The molecular weight excluding hydrogens is 251 g/mol. The molecular formula is C11H10F3NO3. The van der Waals surface area contributed by atoms with E-state index in [1.54, 1.807) is 30.3 Å². The molecule has 7 heteroatoms. The molecule has 0 aromatic heterocycles. The maximum absolute atomic E-state index is 12.0. The van der Waals surface area contributed by atoms with Gasteiger partial charge in [0.2, 0.25) is 0 Å². The van der Waals surface area contributed by atoms with Gasteiger partial charge in [0.1, 0.15) is 6.04 Å². The van der Waals surface area contributed by atoms with Gasteiger partial charge in [0.15, 0.2) is 0 Å². The van der Waals surface area contributed by atoms with E-state index in [4.69, 9.17) is 5.11 Å². The van der Waals surface area contributed by atoms with Crippen LogP contribution >= 0.6 is 0 Å². The van der Waals surface area contributed by atoms with Crippen LogP contribution in [0.3, 0.4) is 0 Å². The van der Waals surface area contributed by atoms with Crippen LogP contribution in [0.2, 0.25) is 0 Å². The van der Waals surface area contributed by atoms with Crippen molar-refractivity contribution in [3.63, 3.8) is 0 Å². The SMILES string of the molecule is O=C(O)C(Cc1ccccc1)NC(=O)C(F)(F)F. The molecule has 2 N–H and O–H groups in total. The molecule has 0 heterocycles. The largest absolute Gasteiger partial charge is 0.480 e. The molecule has 0 aliphatic heterocycles. The zero-order valence-corrected chi connectivity index (χ0v) is 9.07. The summed E-state index contributed by atoms with van der Waals surface area (Å²) in [7, 11) is 0. The van der Waals surface area contributed by atoms with Gasteiger partial charge < -0.3 is 10.4 Å². The smallest absolute Gasteiger partial charge is 0.471 e. The van der Waals surface area contributed by atoms with Gasteiger partial charge in [-0.15, -0.1) is 0 Å². The molecule has 0 fully saturated rings. The predicted molar refractivity (Wildman–Crippen MR) is 55.8 cm³/mol. The van der Waals surface area contributed by atoms with Crippen LogP contribution in [0.1, 0.15) is 5.56 Å². The molecule has 98 valence electrons. The molecule has 4 nitrogen and oxygen atoms in total. The molecule has 0 aliphatic carbocycles. The van der Waals surface area contributed by atoms with Gasteiger partial charge in [0.05, 0.1) is 0 Å². The Morgan fingerprint density at radius 3 is 2.22 bits per heavy atom. The lowest BCUT2D eigenvalue weighted by atomic mass is 10.1. The van der Waals surface area contributed by atoms with Gasteiger partial charge >= 0.3 is 18.1 Å². The Kier molecular flexibility index (Phi) is 4.30. The average molecular weight is 261 g/mol. The number of benzene rings is 1. The molecule has 1 aromatic rings. The fourth-order valence-electron chi connectivity index (χ4n) is 1.29. The molecule has 1 amide bonds. The lowest BCUT2D eigenvalue weighted by Gasteiger charge is -2.15. The Morgan fingerprint density at radius 1 is 1.22 bits per heavy atom. The minimum atomic E-state index is -5.09. The minimum absolute atomic E-state index is 0.210. The average Bonchev–Trinajstić information content (AvgIpc) is 2.28. The molecule has 0 radical (unpaired) electrons. The van der Waals surface area contributed by atoms with E-state index in [1.807, 2.05) is 0 Å². The fraction of sp³-hybridized carbons (Fsp3) is 0.273. The van der Waals surface area contributed by atoms with E-state index in [9.17, 15) is 22.8 Å². The number of hydrogen-bond donors (Lipinski definition) is 2. The summed E-state index contributed by atoms with van der Waals surface area (Å²) in [5.41, 5.74) is 0.521. The van der Waals surface area contributed by atoms with E-state index >= 15 is 0 Å². The first-order chi connectivity index (χ1) is 8.30. The Balaban J connectivity index is 2.73. The Morgan fingerprint density at radius 2 is 1.78 bits per heavy atom. The highest BCUT2D eigenvalue weighted by atomic mass is 19.4. The fourth-order valence-corrected chi connectivity index (χ4v) is 1.29. The number of nitrogens with one attached hydrogen (secondary N) is 1. The van der Waals surface area contributed by atoms with Crippen LogP contribution < -0.4 is 5.32 Å². The number of rotatable bonds is 4. The summed E-state index contributed by atoms with van der Waals surface area (Å²) in [4.78, 5) is 21.5. The lowest BCUT2D eigenvalue weighted by molar-refractivity contribution is -0.175. The number of aliphatic carboxylic acids is 1. The molecule has 0 spiro atoms. The van der Waals surface area contributed by atoms with Crippen molar-refractivity contribution in [2.75, 3.05) is 0 Å². The molecule has 0 saturated heterocycles. The molecule has 0 bridgehead atoms. The Hall–Kier alpha value is -2.05. The van der Waals surface area contributed by atoms with Crippen molar-refractivity contribution in [2.24, 2.45) is 0 Å². The van der Waals surface area contributed by atoms with Crippen LogP contribution in [0.15, 0.2) is 30.3 Å². The van der Waals surface area contributed by atoms with Gasteiger partial charge in [-0.3, -0.25) is 4.79 Å². The van der Waals surface area contributed by atoms with Gasteiger partial charge in [0, 0.05) is 6.42 Å². The van der Waals surface area contributed by atoms with Gasteiger partial charge in [-0.1, -0.05) is 30.3 Å². The lowest BCUT2D eigenvalue weighted by Crippen LogP contribution is -2.47. The quantitative estimate of drug-likeness (QED) is 0.860. The number of hydrogen-bond acceptors (Lipinski definition) is 2. The van der Waals surface area contributed by atoms with E-state index in [0.29, 0.717) is 5.56 Å². The monoisotopic (exact) mass is 261 g/mol. The topological polar surface area (TPSA) is 66.4 Å². The first-order valence-electron chi connectivity index (χ1n) is 4.95. The van der Waals surface area contributed by atoms with Crippen molar-refractivity contribution >= 4 is 11.9 Å². The number of carbonyl (C=O) groups is 2. The van der Waals surface area contributed by atoms with Crippen molar-refractivity contribution in [3.05, 3.63) is 35.9 Å². The van der Waals surface area contributed by atoms with Crippen LogP contribution in [0, 0.1) is 0 Å². The van der Waals surface area contributed by atoms with Gasteiger partial charge in [-0.05, 0) is 5.56 Å². The predicted octanol–water partition coefficient (Wildman–Crippen LogP) is 1.36. The number of carboxylic acid groups (broad SMARTS) is 1. The summed E-state index contributed by atoms with van der Waals surface area (Å²) in [6.45, 7) is 0. The van der Waals surface area contributed by atoms with Crippen LogP contribution in [-0.4, -0.2) is 29.2 Å². The first-order valence-corrected chi connectivity index (χ1v) is 4.95. The zero-order chi connectivity index (χ0) is 13.8. The van der Waals surface area contributed by atoms with Crippen molar-refractivity contribution in [3.8, 4) is 0 Å². The van der Waals surface area contributed by atoms with E-state index in [-0.39, 0.29) is 6.42 Å². The third-order valence-corrected chi connectivity index (χ3v) is 2.14. The van der Waals surface area contributed by atoms with Gasteiger partial charge in [-0.25, -0.2) is 4.79 Å². The summed E-state index contributed by atoms with van der Waals surface area (Å²) in [5, 5.41) is 10.2. The molecule has 1 unspecified atom stereocenters. The third-order valence-electron chi connectivity index (χ3n) is 2.14. The normalized spacial score (nSPS) is 12.8. The highest BCUT2D eigenvalue weighted by molar-refractivity contribution is 5.87. The maximum Gasteiger partial charge on any atom is 0.471 e. The molecule has 0 saturated carbocycles. The van der Waals surface area contributed by atoms with Crippen LogP contribution in [0.25, 0.3) is 0 Å². The summed E-state index contributed by atoms with van der Waals surface area (Å²) in [6.07, 6.45) is -5.30. The second-order valence-electron chi connectivity index (χ2n) is 3.55. The van der Waals surface area contributed by atoms with Crippen LogP contribution in [0.5, 0.6) is 0 Å². The minimum Gasteiger partial charge on any atom is -0.480 e. The molecule has 1 atom stereocenters. The summed E-state index contributed by atoms with van der Waals surface area (Å²) in [6, 6.07) is 6.46. The zero-order valence-electron chi connectivity index (χ0n) is 9.07. The summed E-state index contributed by atoms with van der Waals surface area (Å²) in [5.74, 6) is -3.78. The summed E-state index contributed by atoms with van der Waals surface area (Å²) >= 11 is 0. The van der Waals surface area contributed by atoms with Gasteiger partial charge in [0.25, 0.3) is 0 Å². The standard InChI is InChI=1S/C11H10F3NO3/c12-11(13,14)10(18)15-8(9(16)17)6-7-4-2-1-3-5-7/h1-5,8H,6H2,(H,15,18)(H,16,17). The van der Waals surface area contributed by atoms with Crippen molar-refractivity contribution in [1.29, 1.82) is 0 Å². The number of amides is 1. The van der Waals surface area contributed by atoms with Crippen molar-refractivity contribution in [1.82, 2.24) is 5.32 Å². The van der Waals surface area contributed by atoms with E-state index in [1.165, 1.54) is 5.32 Å². The molecule has 1 rings (SSSR count). The van der Waals surface area contributed by atoms with Gasteiger partial charge in [-0.2, -0.15) is 13.2 Å².